The van der Waals surface area contributed by atoms with Crippen molar-refractivity contribution in [3.8, 4) is 5.75 Å². The summed E-state index contributed by atoms with van der Waals surface area (Å²) in [5.41, 5.74) is 0. The number of hydrogen-bond donors (Lipinski definition) is 0. The van der Waals surface area contributed by atoms with Crippen LogP contribution in [0.5, 0.6) is 5.75 Å². The molecule has 0 aliphatic carbocycles. The summed E-state index contributed by atoms with van der Waals surface area (Å²) >= 11 is 1.75. The number of benzene rings is 1. The van der Waals surface area contributed by atoms with Crippen molar-refractivity contribution in [2.24, 2.45) is 0 Å². The van der Waals surface area contributed by atoms with Gasteiger partial charge in [-0.25, -0.2) is 8.42 Å². The molecule has 0 saturated heterocycles. The quantitative estimate of drug-likeness (QED) is 0.730. The fourth-order valence-corrected chi connectivity index (χ4v) is 0.557. The van der Waals surface area contributed by atoms with E-state index in [1.165, 1.54) is 0 Å². The number of hydrogen-bond acceptors (Lipinski definition) is 6. The maximum Gasteiger partial charge on any atom is 0.144 e. The van der Waals surface area contributed by atoms with Crippen LogP contribution in [0.4, 0.5) is 0 Å². The maximum atomic E-state index is 9.63. The van der Waals surface area contributed by atoms with Crippen molar-refractivity contribution in [3.63, 3.8) is 0 Å². The summed E-state index contributed by atoms with van der Waals surface area (Å²) in [6.45, 7) is 4.00. The van der Waals surface area contributed by atoms with E-state index in [1.807, 2.05) is 56.7 Å². The van der Waals surface area contributed by atoms with E-state index in [1.54, 1.807) is 47.3 Å². The van der Waals surface area contributed by atoms with Crippen LogP contribution in [0.25, 0.3) is 0 Å². The van der Waals surface area contributed by atoms with Crippen molar-refractivity contribution >= 4 is 21.6 Å². The molecule has 0 aliphatic heterocycles. The van der Waals surface area contributed by atoms with Gasteiger partial charge in [-0.2, -0.15) is 11.8 Å². The summed E-state index contributed by atoms with van der Waals surface area (Å²) in [5, 5.41) is 0. The first kappa shape index (κ1) is 34.6. The molecule has 0 heterocycles. The molecule has 0 spiro atoms. The van der Waals surface area contributed by atoms with Gasteiger partial charge >= 0.3 is 0 Å². The molecule has 0 bridgehead atoms. The molecule has 0 N–H and O–H groups in total. The molecule has 0 aromatic heterocycles. The van der Waals surface area contributed by atoms with Crippen molar-refractivity contribution in [1.82, 2.24) is 0 Å². The van der Waals surface area contributed by atoms with E-state index >= 15 is 0 Å². The summed E-state index contributed by atoms with van der Waals surface area (Å²) in [6, 6.07) is 9.68. The molecule has 24 heavy (non-hydrogen) atoms. The number of sulfone groups is 1. The molecule has 1 aromatic rings. The molecule has 1 rings (SSSR count). The maximum absolute atomic E-state index is 9.63. The molecule has 0 atom stereocenters. The van der Waals surface area contributed by atoms with Crippen LogP contribution in [0.15, 0.2) is 30.3 Å². The van der Waals surface area contributed by atoms with Gasteiger partial charge in [0.1, 0.15) is 15.6 Å². The van der Waals surface area contributed by atoms with Crippen LogP contribution in [-0.2, 0) is 19.3 Å². The number of methoxy groups -OCH3 is 3. The number of thioether (sulfide) groups is 1. The minimum absolute atomic E-state index is 0.910. The fraction of sp³-hybridized carbons (Fsp3) is 0.647. The second-order valence-electron chi connectivity index (χ2n) is 3.88. The van der Waals surface area contributed by atoms with Gasteiger partial charge in [-0.15, -0.1) is 0 Å². The predicted octanol–water partition coefficient (Wildman–Crippen LogP) is 3.89. The predicted molar refractivity (Wildman–Crippen MR) is 110 cm³/mol. The molecular formula is C17H38O5S2. The molecule has 7 heteroatoms. The van der Waals surface area contributed by atoms with Crippen LogP contribution in [0.2, 0.25) is 0 Å². The first-order valence-corrected chi connectivity index (χ1v) is 11.1. The lowest BCUT2D eigenvalue weighted by Gasteiger charge is -1.93. The molecule has 0 saturated carbocycles. The zero-order valence-electron chi connectivity index (χ0n) is 17.2. The average molecular weight is 387 g/mol. The molecule has 5 nitrogen and oxygen atoms in total. The van der Waals surface area contributed by atoms with Crippen LogP contribution in [0.3, 0.4) is 0 Å². The van der Waals surface area contributed by atoms with Gasteiger partial charge < -0.3 is 14.2 Å². The molecule has 148 valence electrons. The lowest BCUT2D eigenvalue weighted by atomic mass is 10.3. The average Bonchev–Trinajstić information content (AvgIpc) is 2.51. The monoisotopic (exact) mass is 386 g/mol. The molecule has 1 aromatic carbocycles. The topological polar surface area (TPSA) is 61.8 Å². The van der Waals surface area contributed by atoms with E-state index in [9.17, 15) is 8.42 Å². The summed E-state index contributed by atoms with van der Waals surface area (Å²) in [5.74, 6) is 0.910. The normalized spacial score (nSPS) is 7.79. The summed E-state index contributed by atoms with van der Waals surface area (Å²) < 4.78 is 32.7. The van der Waals surface area contributed by atoms with Crippen molar-refractivity contribution in [3.05, 3.63) is 30.3 Å². The first-order valence-electron chi connectivity index (χ1n) is 7.12. The van der Waals surface area contributed by atoms with Gasteiger partial charge in [-0.05, 0) is 24.6 Å². The summed E-state index contributed by atoms with van der Waals surface area (Å²) in [4.78, 5) is 0. The minimum atomic E-state index is -2.67. The Balaban J connectivity index is -0.0000000660. The minimum Gasteiger partial charge on any atom is -0.497 e. The first-order chi connectivity index (χ1) is 11.2. The highest BCUT2D eigenvalue weighted by molar-refractivity contribution is 7.97. The molecule has 0 amide bonds. The van der Waals surface area contributed by atoms with E-state index in [0.29, 0.717) is 0 Å². The fourth-order valence-electron chi connectivity index (χ4n) is 0.557. The number of para-hydroxylation sites is 1. The largest absolute Gasteiger partial charge is 0.497 e. The Kier molecular flexibility index (Phi) is 48.6. The highest BCUT2D eigenvalue weighted by Crippen LogP contribution is 2.05. The second kappa shape index (κ2) is 33.8. The molecule has 0 radical (unpaired) electrons. The Hall–Kier alpha value is -0.760. The van der Waals surface area contributed by atoms with Gasteiger partial charge in [0.05, 0.1) is 7.11 Å². The Labute approximate surface area is 155 Å². The Morgan fingerprint density at radius 1 is 0.792 bits per heavy atom. The lowest BCUT2D eigenvalue weighted by molar-refractivity contribution is 0.277. The molecule has 0 unspecified atom stereocenters. The van der Waals surface area contributed by atoms with E-state index in [4.69, 9.17) is 4.74 Å². The Morgan fingerprint density at radius 3 is 1.12 bits per heavy atom. The van der Waals surface area contributed by atoms with Gasteiger partial charge in [0.2, 0.25) is 0 Å². The van der Waals surface area contributed by atoms with Crippen molar-refractivity contribution in [1.29, 1.82) is 0 Å². The standard InChI is InChI=1S/C7H8O.C2H6O2S.2C2H6O.C2H6S.C2H6/c1-8-7-5-3-2-4-6-7;1-5(2,3)4;3*1-3-2;1-2/h2-6H,1H3;1-2H3;3*1-2H3;1-2H3. The van der Waals surface area contributed by atoms with Crippen LogP contribution in [0.1, 0.15) is 13.8 Å². The second-order valence-corrected chi connectivity index (χ2v) is 6.99. The van der Waals surface area contributed by atoms with Crippen LogP contribution < -0.4 is 4.74 Å². The smallest absolute Gasteiger partial charge is 0.144 e. The van der Waals surface area contributed by atoms with Gasteiger partial charge in [0.15, 0.2) is 0 Å². The zero-order chi connectivity index (χ0) is 20.4. The van der Waals surface area contributed by atoms with Gasteiger partial charge in [0.25, 0.3) is 0 Å². The van der Waals surface area contributed by atoms with E-state index in [2.05, 4.69) is 9.47 Å². The van der Waals surface area contributed by atoms with Crippen LogP contribution in [-0.4, -0.2) is 69.0 Å². The van der Waals surface area contributed by atoms with E-state index in [0.717, 1.165) is 18.3 Å². The van der Waals surface area contributed by atoms with Gasteiger partial charge in [-0.1, -0.05) is 32.0 Å². The highest BCUT2D eigenvalue weighted by atomic mass is 32.2. The highest BCUT2D eigenvalue weighted by Gasteiger charge is 1.80. The zero-order valence-corrected chi connectivity index (χ0v) is 18.9. The van der Waals surface area contributed by atoms with Crippen molar-refractivity contribution in [2.45, 2.75) is 13.8 Å². The van der Waals surface area contributed by atoms with Crippen molar-refractivity contribution in [2.75, 3.05) is 60.6 Å². The van der Waals surface area contributed by atoms with Gasteiger partial charge in [-0.3, -0.25) is 0 Å². The third kappa shape index (κ3) is 102. The molecule has 0 aliphatic rings. The Bertz CT molecular complexity index is 355. The SMILES string of the molecule is CC.COC.COC.COc1ccccc1.CS(C)(=O)=O.CSC. The third-order valence-electron chi connectivity index (χ3n) is 0.979. The van der Waals surface area contributed by atoms with E-state index < -0.39 is 9.84 Å². The van der Waals surface area contributed by atoms with E-state index in [-0.39, 0.29) is 0 Å². The Morgan fingerprint density at radius 2 is 1.00 bits per heavy atom. The van der Waals surface area contributed by atoms with Crippen molar-refractivity contribution < 1.29 is 22.6 Å². The third-order valence-corrected chi connectivity index (χ3v) is 0.979. The molecule has 0 fully saturated rings. The van der Waals surface area contributed by atoms with Crippen LogP contribution >= 0.6 is 11.8 Å². The van der Waals surface area contributed by atoms with Gasteiger partial charge in [0, 0.05) is 41.0 Å². The summed E-state index contributed by atoms with van der Waals surface area (Å²) in [6.07, 6.45) is 6.40. The summed E-state index contributed by atoms with van der Waals surface area (Å²) in [7, 11) is 5.50. The molecular weight excluding hydrogens is 348 g/mol. The van der Waals surface area contributed by atoms with Crippen LogP contribution in [0, 0.1) is 0 Å². The number of rotatable bonds is 1. The lowest BCUT2D eigenvalue weighted by Crippen LogP contribution is -1.86. The number of ether oxygens (including phenoxy) is 3.